The minimum atomic E-state index is -1.10. The van der Waals surface area contributed by atoms with Crippen molar-refractivity contribution in [1.82, 2.24) is 4.90 Å². The van der Waals surface area contributed by atoms with E-state index in [0.29, 0.717) is 15.8 Å². The number of nitrogens with zero attached hydrogens (tertiary/aromatic N) is 1. The summed E-state index contributed by atoms with van der Waals surface area (Å²) in [7, 11) is 1.72. The number of halogens is 1. The summed E-state index contributed by atoms with van der Waals surface area (Å²) in [5.74, 6) is -0.510. The van der Waals surface area contributed by atoms with Crippen LogP contribution in [0.15, 0.2) is 59.4 Å². The zero-order chi connectivity index (χ0) is 19.9. The molecule has 0 fully saturated rings. The zero-order valence-corrected chi connectivity index (χ0v) is 17.7. The maximum absolute atomic E-state index is 13.6. The van der Waals surface area contributed by atoms with Crippen molar-refractivity contribution in [3.8, 4) is 0 Å². The Balaban J connectivity index is 1.79. The number of rotatable bonds is 0. The van der Waals surface area contributed by atoms with Crippen LogP contribution in [-0.4, -0.2) is 22.9 Å². The highest BCUT2D eigenvalue weighted by Crippen LogP contribution is 2.55. The minimum absolute atomic E-state index is 0.00212. The first-order valence-electron chi connectivity index (χ1n) is 9.24. The molecule has 1 amide bonds. The van der Waals surface area contributed by atoms with Gasteiger partial charge in [-0.1, -0.05) is 41.9 Å². The molecule has 6 rings (SSSR count). The Morgan fingerprint density at radius 3 is 2.34 bits per heavy atom. The van der Waals surface area contributed by atoms with E-state index in [1.165, 1.54) is 11.3 Å². The van der Waals surface area contributed by atoms with Gasteiger partial charge in [0.25, 0.3) is 5.91 Å². The summed E-state index contributed by atoms with van der Waals surface area (Å²) in [6, 6.07) is 15.6. The predicted octanol–water partition coefficient (Wildman–Crippen LogP) is 5.66. The lowest BCUT2D eigenvalue weighted by molar-refractivity contribution is 0.0695. The van der Waals surface area contributed by atoms with Crippen molar-refractivity contribution in [2.24, 2.45) is 0 Å². The quantitative estimate of drug-likeness (QED) is 0.264. The maximum Gasteiger partial charge on any atom is 0.265 e. The van der Waals surface area contributed by atoms with Crippen molar-refractivity contribution < 1.29 is 4.79 Å². The predicted molar refractivity (Wildman–Crippen MR) is 121 cm³/mol. The third-order valence-corrected chi connectivity index (χ3v) is 8.88. The Morgan fingerprint density at radius 1 is 0.931 bits per heavy atom. The summed E-state index contributed by atoms with van der Waals surface area (Å²) in [5, 5.41) is 1.70. The van der Waals surface area contributed by atoms with E-state index >= 15 is 0 Å². The summed E-state index contributed by atoms with van der Waals surface area (Å²) in [4.78, 5) is 28.9. The molecule has 2 aromatic heterocycles. The van der Waals surface area contributed by atoms with Gasteiger partial charge in [0.2, 0.25) is 0 Å². The van der Waals surface area contributed by atoms with E-state index in [0.717, 1.165) is 25.2 Å². The highest BCUT2D eigenvalue weighted by Gasteiger charge is 2.53. The monoisotopic (exact) mass is 435 g/mol. The van der Waals surface area contributed by atoms with Crippen molar-refractivity contribution >= 4 is 66.4 Å². The Hall–Kier alpha value is -2.47. The summed E-state index contributed by atoms with van der Waals surface area (Å²) in [6.45, 7) is 0. The van der Waals surface area contributed by atoms with Crippen LogP contribution in [0.5, 0.6) is 0 Å². The first kappa shape index (κ1) is 17.4. The van der Waals surface area contributed by atoms with E-state index in [-0.39, 0.29) is 11.3 Å². The van der Waals surface area contributed by atoms with Gasteiger partial charge >= 0.3 is 0 Å². The van der Waals surface area contributed by atoms with Gasteiger partial charge in [0.15, 0.2) is 5.43 Å². The van der Waals surface area contributed by atoms with Crippen molar-refractivity contribution in [3.05, 3.63) is 85.7 Å². The number of hydrogen-bond acceptors (Lipinski definition) is 4. The van der Waals surface area contributed by atoms with Crippen LogP contribution in [-0.2, 0) is 0 Å². The fraction of sp³-hybridized carbons (Fsp3) is 0.130. The largest absolute Gasteiger partial charge is 0.318 e. The lowest BCUT2D eigenvalue weighted by Gasteiger charge is -2.46. The molecule has 0 bridgehead atoms. The Bertz CT molecular complexity index is 1450. The third kappa shape index (κ3) is 2.13. The van der Waals surface area contributed by atoms with Gasteiger partial charge in [0, 0.05) is 32.3 Å². The number of fused-ring (bicyclic) bond motifs is 8. The molecular formula is C23H14ClNO2S2. The highest BCUT2D eigenvalue weighted by atomic mass is 35.5. The average Bonchev–Trinajstić information content (AvgIpc) is 3.12. The van der Waals surface area contributed by atoms with Gasteiger partial charge in [0.1, 0.15) is 5.00 Å². The summed E-state index contributed by atoms with van der Waals surface area (Å²) >= 11 is 10.2. The van der Waals surface area contributed by atoms with E-state index < -0.39 is 10.9 Å². The minimum Gasteiger partial charge on any atom is -0.318 e. The van der Waals surface area contributed by atoms with Gasteiger partial charge in [-0.2, -0.15) is 0 Å². The average molecular weight is 436 g/mol. The number of benzene rings is 2. The third-order valence-electron chi connectivity index (χ3n) is 5.96. The first-order valence-corrected chi connectivity index (χ1v) is 11.3. The van der Waals surface area contributed by atoms with Crippen molar-refractivity contribution in [2.45, 2.75) is 10.9 Å². The molecule has 142 valence electrons. The maximum atomic E-state index is 13.6. The molecule has 1 aliphatic carbocycles. The van der Waals surface area contributed by atoms with Crippen LogP contribution in [0.3, 0.4) is 0 Å². The van der Waals surface area contributed by atoms with Gasteiger partial charge in [-0.3, -0.25) is 9.59 Å². The van der Waals surface area contributed by atoms with E-state index in [4.69, 9.17) is 11.6 Å². The molecule has 0 saturated carbocycles. The van der Waals surface area contributed by atoms with Crippen LogP contribution >= 0.6 is 34.3 Å². The van der Waals surface area contributed by atoms with Gasteiger partial charge in [-0.05, 0) is 41.3 Å². The number of carbonyl (C=O) groups is 1. The van der Waals surface area contributed by atoms with E-state index in [1.807, 2.05) is 60.7 Å². The number of thiophene rings is 1. The zero-order valence-electron chi connectivity index (χ0n) is 15.3. The number of alkyl halides is 1. The second-order valence-electron chi connectivity index (χ2n) is 7.40. The summed E-state index contributed by atoms with van der Waals surface area (Å²) < 4.78 is 1.99. The van der Waals surface area contributed by atoms with Crippen LogP contribution < -0.4 is 5.43 Å². The van der Waals surface area contributed by atoms with E-state index in [2.05, 4.69) is 0 Å². The molecule has 2 atom stereocenters. The number of likely N-dealkylation sites (N-methyl/N-ethyl adjacent to an activating group) is 1. The molecule has 0 unspecified atom stereocenters. The molecule has 6 heteroatoms. The molecular weight excluding hydrogens is 422 g/mol. The van der Waals surface area contributed by atoms with Crippen LogP contribution in [0.25, 0.3) is 26.2 Å². The molecule has 3 heterocycles. The van der Waals surface area contributed by atoms with Crippen LogP contribution in [0.4, 0.5) is 0 Å². The second-order valence-corrected chi connectivity index (χ2v) is 10.1. The SMILES string of the molecule is CN1C(=O)c2sc3ccccc3c2[C@H]2c3c(sc4ccccc4c3=O)C=C[C@@]21Cl. The van der Waals surface area contributed by atoms with Gasteiger partial charge in [-0.15, -0.1) is 22.7 Å². The van der Waals surface area contributed by atoms with Crippen molar-refractivity contribution in [1.29, 1.82) is 0 Å². The number of hydrogen-bond donors (Lipinski definition) is 0. The lowest BCUT2D eigenvalue weighted by atomic mass is 9.76. The van der Waals surface area contributed by atoms with Crippen LogP contribution in [0, 0.1) is 0 Å². The van der Waals surface area contributed by atoms with Crippen LogP contribution in [0.1, 0.15) is 31.6 Å². The normalized spacial score (nSPS) is 22.6. The Labute approximate surface area is 179 Å². The fourth-order valence-electron chi connectivity index (χ4n) is 4.53. The Morgan fingerprint density at radius 2 is 1.59 bits per heavy atom. The van der Waals surface area contributed by atoms with Crippen molar-refractivity contribution in [2.75, 3.05) is 7.05 Å². The second kappa shape index (κ2) is 5.79. The van der Waals surface area contributed by atoms with E-state index in [1.54, 1.807) is 23.3 Å². The van der Waals surface area contributed by atoms with Gasteiger partial charge in [0.05, 0.1) is 10.8 Å². The van der Waals surface area contributed by atoms with Gasteiger partial charge < -0.3 is 4.90 Å². The fourth-order valence-corrected chi connectivity index (χ4v) is 7.22. The molecule has 29 heavy (non-hydrogen) atoms. The molecule has 0 N–H and O–H groups in total. The number of amides is 1. The first-order chi connectivity index (χ1) is 14.0. The molecule has 3 nitrogen and oxygen atoms in total. The highest BCUT2D eigenvalue weighted by molar-refractivity contribution is 7.21. The molecule has 0 spiro atoms. The summed E-state index contributed by atoms with van der Waals surface area (Å²) in [6.07, 6.45) is 3.78. The van der Waals surface area contributed by atoms with Gasteiger partial charge in [-0.25, -0.2) is 0 Å². The molecule has 2 aromatic carbocycles. The molecule has 1 aliphatic heterocycles. The molecule has 0 radical (unpaired) electrons. The van der Waals surface area contributed by atoms with Crippen molar-refractivity contribution in [3.63, 3.8) is 0 Å². The Kier molecular flexibility index (Phi) is 3.47. The molecule has 2 aliphatic rings. The molecule has 0 saturated heterocycles. The lowest BCUT2D eigenvalue weighted by Crippen LogP contribution is -2.53. The standard InChI is InChI=1S/C23H14ClNO2S2/c1-25-22(27)21-17(12-6-2-4-8-14(12)29-21)19-18-16(10-11-23(19,25)24)28-15-9-5-3-7-13(15)20(18)26/h2-11,19H,1H3/t19-,23-/m0/s1. The smallest absolute Gasteiger partial charge is 0.265 e. The van der Waals surface area contributed by atoms with Crippen LogP contribution in [0.2, 0.25) is 0 Å². The number of carbonyl (C=O) groups excluding carboxylic acids is 1. The molecule has 4 aromatic rings. The topological polar surface area (TPSA) is 37.4 Å². The van der Waals surface area contributed by atoms with E-state index in [9.17, 15) is 9.59 Å². The summed E-state index contributed by atoms with van der Waals surface area (Å²) in [5.41, 5.74) is 1.57.